The van der Waals surface area contributed by atoms with E-state index in [0.29, 0.717) is 16.2 Å². The van der Waals surface area contributed by atoms with Crippen LogP contribution in [0, 0.1) is 5.82 Å². The molecule has 0 bridgehead atoms. The van der Waals surface area contributed by atoms with Gasteiger partial charge in [-0.25, -0.2) is 4.39 Å². The van der Waals surface area contributed by atoms with Crippen molar-refractivity contribution in [2.75, 3.05) is 0 Å². The second-order valence-electron chi connectivity index (χ2n) is 4.27. The van der Waals surface area contributed by atoms with Gasteiger partial charge in [0.05, 0.1) is 5.56 Å². The average molecular weight is 362 g/mol. The van der Waals surface area contributed by atoms with Crippen LogP contribution >= 0.6 is 15.9 Å². The molecule has 0 fully saturated rings. The van der Waals surface area contributed by atoms with Crippen LogP contribution in [-0.2, 0) is 12.6 Å². The second kappa shape index (κ2) is 5.93. The van der Waals surface area contributed by atoms with Crippen LogP contribution in [0.1, 0.15) is 21.6 Å². The van der Waals surface area contributed by atoms with Crippen molar-refractivity contribution in [2.24, 2.45) is 0 Å². The number of ketones is 1. The number of carbonyl (C=O) groups excluding carboxylic acids is 1. The van der Waals surface area contributed by atoms with Crippen LogP contribution in [-0.4, -0.2) is 10.8 Å². The monoisotopic (exact) mass is 361 g/mol. The van der Waals surface area contributed by atoms with Crippen molar-refractivity contribution >= 4 is 21.7 Å². The number of nitrogens with zero attached hydrogens (tertiary/aromatic N) is 1. The molecule has 21 heavy (non-hydrogen) atoms. The first-order valence-electron chi connectivity index (χ1n) is 5.78. The van der Waals surface area contributed by atoms with Crippen molar-refractivity contribution in [3.05, 3.63) is 63.6 Å². The van der Waals surface area contributed by atoms with E-state index in [0.717, 1.165) is 12.1 Å². The summed E-state index contributed by atoms with van der Waals surface area (Å²) in [4.78, 5) is 15.5. The minimum absolute atomic E-state index is 0.0702. The predicted molar refractivity (Wildman–Crippen MR) is 71.4 cm³/mol. The first kappa shape index (κ1) is 15.6. The molecular weight excluding hydrogens is 354 g/mol. The Bertz CT molecular complexity index is 668. The van der Waals surface area contributed by atoms with Gasteiger partial charge in [-0.2, -0.15) is 13.2 Å². The third-order valence-corrected chi connectivity index (χ3v) is 3.48. The zero-order valence-corrected chi connectivity index (χ0v) is 12.0. The van der Waals surface area contributed by atoms with Gasteiger partial charge < -0.3 is 0 Å². The lowest BCUT2D eigenvalue weighted by molar-refractivity contribution is -0.137. The van der Waals surface area contributed by atoms with Crippen molar-refractivity contribution < 1.29 is 22.4 Å². The third-order valence-electron chi connectivity index (χ3n) is 2.74. The van der Waals surface area contributed by atoms with E-state index in [2.05, 4.69) is 20.9 Å². The molecule has 1 heterocycles. The summed E-state index contributed by atoms with van der Waals surface area (Å²) < 4.78 is 50.5. The SMILES string of the molecule is O=C(Cc1ccc(F)cc1Br)c1ccc(C(F)(F)F)cn1. The van der Waals surface area contributed by atoms with Gasteiger partial charge in [0, 0.05) is 17.1 Å². The molecular formula is C14H8BrF4NO. The minimum atomic E-state index is -4.49. The van der Waals surface area contributed by atoms with Crippen molar-refractivity contribution in [1.29, 1.82) is 0 Å². The second-order valence-corrected chi connectivity index (χ2v) is 5.12. The summed E-state index contributed by atoms with van der Waals surface area (Å²) in [6.45, 7) is 0. The Kier molecular flexibility index (Phi) is 4.41. The molecule has 0 N–H and O–H groups in total. The van der Waals surface area contributed by atoms with Gasteiger partial charge in [0.15, 0.2) is 5.78 Å². The molecule has 2 aromatic rings. The zero-order valence-electron chi connectivity index (χ0n) is 10.4. The highest BCUT2D eigenvalue weighted by molar-refractivity contribution is 9.10. The van der Waals surface area contributed by atoms with Gasteiger partial charge in [0.1, 0.15) is 11.5 Å². The number of hydrogen-bond acceptors (Lipinski definition) is 2. The normalized spacial score (nSPS) is 11.5. The molecule has 0 aliphatic rings. The number of rotatable bonds is 3. The molecule has 1 aromatic carbocycles. The molecule has 0 aliphatic heterocycles. The number of pyridine rings is 1. The summed E-state index contributed by atoms with van der Waals surface area (Å²) in [5.41, 5.74) is -0.454. The van der Waals surface area contributed by atoms with E-state index in [1.165, 1.54) is 18.2 Å². The topological polar surface area (TPSA) is 30.0 Å². The number of benzene rings is 1. The maximum absolute atomic E-state index is 12.9. The lowest BCUT2D eigenvalue weighted by atomic mass is 10.1. The lowest BCUT2D eigenvalue weighted by Gasteiger charge is -2.07. The van der Waals surface area contributed by atoms with E-state index >= 15 is 0 Å². The number of Topliss-reactive ketones (excluding diaryl/α,β-unsaturated/α-hetero) is 1. The summed E-state index contributed by atoms with van der Waals surface area (Å²) in [5, 5.41) is 0. The van der Waals surface area contributed by atoms with Gasteiger partial charge in [0.2, 0.25) is 0 Å². The van der Waals surface area contributed by atoms with Crippen LogP contribution in [0.25, 0.3) is 0 Å². The number of hydrogen-bond donors (Lipinski definition) is 0. The Hall–Kier alpha value is -1.76. The van der Waals surface area contributed by atoms with Crippen molar-refractivity contribution in [1.82, 2.24) is 4.98 Å². The Morgan fingerprint density at radius 2 is 1.90 bits per heavy atom. The van der Waals surface area contributed by atoms with Crippen LogP contribution in [0.4, 0.5) is 17.6 Å². The molecule has 0 radical (unpaired) electrons. The van der Waals surface area contributed by atoms with E-state index in [9.17, 15) is 22.4 Å². The fourth-order valence-electron chi connectivity index (χ4n) is 1.66. The van der Waals surface area contributed by atoms with Crippen LogP contribution in [0.5, 0.6) is 0 Å². The molecule has 0 saturated carbocycles. The molecule has 0 spiro atoms. The van der Waals surface area contributed by atoms with Crippen molar-refractivity contribution in [2.45, 2.75) is 12.6 Å². The Morgan fingerprint density at radius 1 is 1.19 bits per heavy atom. The summed E-state index contributed by atoms with van der Waals surface area (Å²) >= 11 is 3.12. The highest BCUT2D eigenvalue weighted by Crippen LogP contribution is 2.28. The van der Waals surface area contributed by atoms with Gasteiger partial charge in [-0.3, -0.25) is 9.78 Å². The highest BCUT2D eigenvalue weighted by Gasteiger charge is 2.30. The van der Waals surface area contributed by atoms with Gasteiger partial charge in [0.25, 0.3) is 0 Å². The Morgan fingerprint density at radius 3 is 2.43 bits per heavy atom. The Balaban J connectivity index is 2.17. The molecule has 1 aromatic heterocycles. The van der Waals surface area contributed by atoms with Crippen LogP contribution in [0.2, 0.25) is 0 Å². The van der Waals surface area contributed by atoms with Crippen LogP contribution < -0.4 is 0 Å². The minimum Gasteiger partial charge on any atom is -0.292 e. The van der Waals surface area contributed by atoms with Gasteiger partial charge in [-0.05, 0) is 29.8 Å². The zero-order chi connectivity index (χ0) is 15.6. The third kappa shape index (κ3) is 3.87. The smallest absolute Gasteiger partial charge is 0.292 e. The van der Waals surface area contributed by atoms with E-state index in [1.807, 2.05) is 0 Å². The van der Waals surface area contributed by atoms with E-state index in [4.69, 9.17) is 0 Å². The number of aromatic nitrogens is 1. The highest BCUT2D eigenvalue weighted by atomic mass is 79.9. The number of carbonyl (C=O) groups is 1. The molecule has 110 valence electrons. The van der Waals surface area contributed by atoms with E-state index in [-0.39, 0.29) is 12.1 Å². The molecule has 0 unspecified atom stereocenters. The molecule has 0 amide bonds. The van der Waals surface area contributed by atoms with Crippen LogP contribution in [0.15, 0.2) is 41.0 Å². The number of alkyl halides is 3. The average Bonchev–Trinajstić information content (AvgIpc) is 2.41. The van der Waals surface area contributed by atoms with Gasteiger partial charge in [-0.1, -0.05) is 22.0 Å². The maximum atomic E-state index is 12.9. The Labute approximate surface area is 125 Å². The standard InChI is InChI=1S/C14H8BrF4NO/c15-11-6-10(16)3-1-8(11)5-13(21)12-4-2-9(7-20-12)14(17,18)19/h1-4,6-7H,5H2. The summed E-state index contributed by atoms with van der Waals surface area (Å²) in [6, 6.07) is 5.68. The molecule has 7 heteroatoms. The quantitative estimate of drug-likeness (QED) is 0.598. The van der Waals surface area contributed by atoms with Gasteiger partial charge in [-0.15, -0.1) is 0 Å². The largest absolute Gasteiger partial charge is 0.417 e. The lowest BCUT2D eigenvalue weighted by Crippen LogP contribution is -2.10. The predicted octanol–water partition coefficient (Wildman–Crippen LogP) is 4.43. The van der Waals surface area contributed by atoms with Crippen LogP contribution in [0.3, 0.4) is 0 Å². The van der Waals surface area contributed by atoms with Crippen molar-refractivity contribution in [3.8, 4) is 0 Å². The summed E-state index contributed by atoms with van der Waals surface area (Å²) in [6.07, 6.45) is -3.96. The summed E-state index contributed by atoms with van der Waals surface area (Å²) in [5.74, 6) is -0.901. The van der Waals surface area contributed by atoms with E-state index in [1.54, 1.807) is 0 Å². The molecule has 2 rings (SSSR count). The van der Waals surface area contributed by atoms with E-state index < -0.39 is 23.3 Å². The fraction of sp³-hybridized carbons (Fsp3) is 0.143. The summed E-state index contributed by atoms with van der Waals surface area (Å²) in [7, 11) is 0. The molecule has 0 saturated heterocycles. The molecule has 2 nitrogen and oxygen atoms in total. The van der Waals surface area contributed by atoms with Crippen molar-refractivity contribution in [3.63, 3.8) is 0 Å². The first-order valence-corrected chi connectivity index (χ1v) is 6.57. The first-order chi connectivity index (χ1) is 9.77. The molecule has 0 atom stereocenters. The maximum Gasteiger partial charge on any atom is 0.417 e. The number of halogens is 5. The fourth-order valence-corrected chi connectivity index (χ4v) is 2.15. The van der Waals surface area contributed by atoms with Gasteiger partial charge >= 0.3 is 6.18 Å². The molecule has 0 aliphatic carbocycles.